The monoisotopic (exact) mass is 568 g/mol. The van der Waals surface area contributed by atoms with Crippen LogP contribution in [-0.2, 0) is 29.8 Å². The fraction of sp³-hybridized carbons (Fsp3) is 0.657. The normalized spacial score (nSPS) is 25.3. The third kappa shape index (κ3) is 7.27. The van der Waals surface area contributed by atoms with Crippen molar-refractivity contribution in [3.63, 3.8) is 0 Å². The van der Waals surface area contributed by atoms with E-state index in [1.807, 2.05) is 13.8 Å². The first-order valence-electron chi connectivity index (χ1n) is 15.1. The molecule has 2 aliphatic rings. The van der Waals surface area contributed by atoms with Crippen LogP contribution in [0, 0.1) is 19.3 Å². The van der Waals surface area contributed by atoms with Crippen molar-refractivity contribution in [3.05, 3.63) is 57.6 Å². The molecule has 0 saturated carbocycles. The van der Waals surface area contributed by atoms with Gasteiger partial charge in [-0.25, -0.2) is 0 Å². The van der Waals surface area contributed by atoms with Gasteiger partial charge in [-0.05, 0) is 69.9 Å². The number of rotatable bonds is 6. The van der Waals surface area contributed by atoms with Gasteiger partial charge in [0.05, 0.1) is 31.8 Å². The molecule has 41 heavy (non-hydrogen) atoms. The van der Waals surface area contributed by atoms with E-state index in [2.05, 4.69) is 79.7 Å². The molecule has 0 aromatic heterocycles. The molecule has 2 unspecified atom stereocenters. The molecule has 0 amide bonds. The molecule has 228 valence electrons. The molecule has 6 nitrogen and oxygen atoms in total. The second-order valence-corrected chi connectivity index (χ2v) is 14.8. The summed E-state index contributed by atoms with van der Waals surface area (Å²) in [5.74, 6) is 1.22. The summed E-state index contributed by atoms with van der Waals surface area (Å²) in [7, 11) is 0. The predicted molar refractivity (Wildman–Crippen MR) is 163 cm³/mol. The average Bonchev–Trinajstić information content (AvgIpc) is 2.88. The molecular weight excluding hydrogens is 516 g/mol. The minimum Gasteiger partial charge on any atom is -0.507 e. The summed E-state index contributed by atoms with van der Waals surface area (Å²) < 4.78 is 24.9. The Balaban J connectivity index is 1.30. The van der Waals surface area contributed by atoms with Crippen LogP contribution in [0.15, 0.2) is 24.3 Å². The molecule has 2 N–H and O–H groups in total. The number of phenols is 2. The molecule has 0 aliphatic carbocycles. The molecule has 2 aromatic carbocycles. The summed E-state index contributed by atoms with van der Waals surface area (Å²) in [5.41, 5.74) is 5.57. The maximum absolute atomic E-state index is 10.6. The Bertz CT molecular complexity index is 1110. The van der Waals surface area contributed by atoms with Crippen LogP contribution in [0.25, 0.3) is 0 Å². The van der Waals surface area contributed by atoms with Gasteiger partial charge in [-0.15, -0.1) is 0 Å². The van der Waals surface area contributed by atoms with Gasteiger partial charge in [-0.3, -0.25) is 0 Å². The molecule has 4 rings (SSSR count). The minimum absolute atomic E-state index is 0.135. The molecule has 2 fully saturated rings. The van der Waals surface area contributed by atoms with Gasteiger partial charge in [0.15, 0.2) is 12.6 Å². The lowest BCUT2D eigenvalue weighted by Crippen LogP contribution is -2.52. The van der Waals surface area contributed by atoms with Gasteiger partial charge in [0.2, 0.25) is 0 Å². The van der Waals surface area contributed by atoms with Crippen LogP contribution >= 0.6 is 0 Å². The van der Waals surface area contributed by atoms with Crippen molar-refractivity contribution in [2.24, 2.45) is 5.41 Å². The first-order valence-corrected chi connectivity index (χ1v) is 15.1. The molecule has 0 radical (unpaired) electrons. The van der Waals surface area contributed by atoms with Crippen molar-refractivity contribution in [1.29, 1.82) is 0 Å². The van der Waals surface area contributed by atoms with Gasteiger partial charge in [0.1, 0.15) is 11.5 Å². The molecule has 2 atom stereocenters. The van der Waals surface area contributed by atoms with Crippen LogP contribution in [0.4, 0.5) is 0 Å². The largest absolute Gasteiger partial charge is 0.507 e. The Hall–Kier alpha value is -2.12. The van der Waals surface area contributed by atoms with Crippen molar-refractivity contribution in [3.8, 4) is 11.5 Å². The number of hydrogen-bond acceptors (Lipinski definition) is 6. The number of aromatic hydroxyl groups is 2. The third-order valence-corrected chi connectivity index (χ3v) is 8.79. The van der Waals surface area contributed by atoms with Crippen molar-refractivity contribution in [1.82, 2.24) is 0 Å². The molecule has 2 aliphatic heterocycles. The lowest BCUT2D eigenvalue weighted by molar-refractivity contribution is -0.304. The van der Waals surface area contributed by atoms with Crippen LogP contribution in [0.5, 0.6) is 11.5 Å². The summed E-state index contributed by atoms with van der Waals surface area (Å²) in [4.78, 5) is 0. The van der Waals surface area contributed by atoms with E-state index < -0.39 is 0 Å². The molecule has 2 aromatic rings. The first-order chi connectivity index (χ1) is 19.0. The number of ether oxygens (including phenoxy) is 4. The zero-order valence-electron chi connectivity index (χ0n) is 26.9. The van der Waals surface area contributed by atoms with Crippen molar-refractivity contribution >= 4 is 0 Å². The molecule has 2 saturated heterocycles. The Morgan fingerprint density at radius 2 is 0.976 bits per heavy atom. The van der Waals surface area contributed by atoms with E-state index in [9.17, 15) is 10.2 Å². The zero-order valence-corrected chi connectivity index (χ0v) is 26.9. The van der Waals surface area contributed by atoms with Gasteiger partial charge in [-0.1, -0.05) is 79.7 Å². The number of hydrogen-bond donors (Lipinski definition) is 2. The van der Waals surface area contributed by atoms with E-state index in [4.69, 9.17) is 18.9 Å². The molecule has 1 spiro atoms. The average molecular weight is 569 g/mol. The van der Waals surface area contributed by atoms with Crippen molar-refractivity contribution in [2.45, 2.75) is 117 Å². The summed E-state index contributed by atoms with van der Waals surface area (Å²) >= 11 is 0. The van der Waals surface area contributed by atoms with E-state index >= 15 is 0 Å². The van der Waals surface area contributed by atoms with Crippen molar-refractivity contribution < 1.29 is 29.2 Å². The van der Waals surface area contributed by atoms with Crippen molar-refractivity contribution in [2.75, 3.05) is 26.4 Å². The first kappa shape index (κ1) is 31.8. The second-order valence-electron chi connectivity index (χ2n) is 14.8. The van der Waals surface area contributed by atoms with E-state index in [0.29, 0.717) is 37.9 Å². The minimum atomic E-state index is -0.289. The van der Waals surface area contributed by atoms with Gasteiger partial charge in [0.25, 0.3) is 0 Å². The highest BCUT2D eigenvalue weighted by molar-refractivity contribution is 5.48. The molecular formula is C35H52O6. The number of phenolic OH excluding ortho intramolecular Hbond substituents is 2. The lowest BCUT2D eigenvalue weighted by atomic mass is 9.82. The van der Waals surface area contributed by atoms with Crippen LogP contribution in [0.2, 0.25) is 0 Å². The Morgan fingerprint density at radius 3 is 1.27 bits per heavy atom. The van der Waals surface area contributed by atoms with Crippen LogP contribution < -0.4 is 0 Å². The maximum atomic E-state index is 10.6. The predicted octanol–water partition coefficient (Wildman–Crippen LogP) is 7.73. The van der Waals surface area contributed by atoms with Gasteiger partial charge in [-0.2, -0.15) is 0 Å². The Kier molecular flexibility index (Phi) is 9.21. The second kappa shape index (κ2) is 11.9. The quantitative estimate of drug-likeness (QED) is 0.371. The van der Waals surface area contributed by atoms with Crippen LogP contribution in [0.3, 0.4) is 0 Å². The van der Waals surface area contributed by atoms with E-state index in [0.717, 1.165) is 35.1 Å². The summed E-state index contributed by atoms with van der Waals surface area (Å²) in [5, 5.41) is 21.2. The number of aryl methyl sites for hydroxylation is 2. The molecule has 6 heteroatoms. The standard InChI is InChI=1S/C35H52O6/c1-21(25-11-23(3)31(36)27(15-25)33(5,6)7)13-29-38-17-35(18-39-29)19-40-30(41-20-35)14-22(2)26-12-24(4)32(37)28(16-26)34(8,9)10/h11-12,15-16,21-22,29-30,36-37H,13-14,17-20H2,1-10H3. The smallest absolute Gasteiger partial charge is 0.158 e. The summed E-state index contributed by atoms with van der Waals surface area (Å²) in [6.45, 7) is 23.2. The fourth-order valence-corrected chi connectivity index (χ4v) is 5.87. The summed E-state index contributed by atoms with van der Waals surface area (Å²) in [6, 6.07) is 8.41. The topological polar surface area (TPSA) is 77.4 Å². The highest BCUT2D eigenvalue weighted by atomic mass is 16.7. The van der Waals surface area contributed by atoms with E-state index in [1.54, 1.807) is 0 Å². The summed E-state index contributed by atoms with van der Waals surface area (Å²) in [6.07, 6.45) is 0.925. The Labute approximate surface area is 247 Å². The highest BCUT2D eigenvalue weighted by Gasteiger charge is 2.42. The SMILES string of the molecule is Cc1cc(C(C)CC2OCC3(CO2)COC(CC(C)c2cc(C)c(O)c(C(C)(C)C)c2)OC3)cc(C(C)(C)C)c1O. The molecule has 0 bridgehead atoms. The fourth-order valence-electron chi connectivity index (χ4n) is 5.87. The van der Waals surface area contributed by atoms with E-state index in [1.165, 1.54) is 11.1 Å². The van der Waals surface area contributed by atoms with Gasteiger partial charge in [0, 0.05) is 12.8 Å². The lowest BCUT2D eigenvalue weighted by Gasteiger charge is -2.44. The number of benzene rings is 2. The Morgan fingerprint density at radius 1 is 0.659 bits per heavy atom. The molecule has 2 heterocycles. The van der Waals surface area contributed by atoms with Crippen LogP contribution in [-0.4, -0.2) is 49.2 Å². The maximum Gasteiger partial charge on any atom is 0.158 e. The zero-order chi connectivity index (χ0) is 30.3. The van der Waals surface area contributed by atoms with Crippen LogP contribution in [0.1, 0.15) is 113 Å². The van der Waals surface area contributed by atoms with Gasteiger partial charge >= 0.3 is 0 Å². The highest BCUT2D eigenvalue weighted by Crippen LogP contribution is 2.40. The third-order valence-electron chi connectivity index (χ3n) is 8.79. The van der Waals surface area contributed by atoms with E-state index in [-0.39, 0.29) is 40.7 Å². The van der Waals surface area contributed by atoms with Gasteiger partial charge < -0.3 is 29.2 Å².